The van der Waals surface area contributed by atoms with E-state index in [4.69, 9.17) is 21.1 Å². The van der Waals surface area contributed by atoms with Gasteiger partial charge >= 0.3 is 0 Å². The Labute approximate surface area is 174 Å². The first-order chi connectivity index (χ1) is 14.0. The molecule has 0 spiro atoms. The summed E-state index contributed by atoms with van der Waals surface area (Å²) >= 11 is 6.22. The van der Waals surface area contributed by atoms with Gasteiger partial charge in [-0.1, -0.05) is 11.6 Å². The van der Waals surface area contributed by atoms with Crippen LogP contribution in [0.2, 0.25) is 5.02 Å². The number of ether oxygens (including phenoxy) is 2. The number of methoxy groups -OCH3 is 2. The number of benzene rings is 1. The molecule has 1 aromatic carbocycles. The van der Waals surface area contributed by atoms with E-state index >= 15 is 0 Å². The number of hydrogen-bond acceptors (Lipinski definition) is 5. The van der Waals surface area contributed by atoms with Crippen molar-refractivity contribution in [2.45, 2.75) is 44.1 Å². The van der Waals surface area contributed by atoms with Gasteiger partial charge in [0.2, 0.25) is 5.91 Å². The van der Waals surface area contributed by atoms with Crippen LogP contribution in [0, 0.1) is 17.3 Å². The van der Waals surface area contributed by atoms with Crippen molar-refractivity contribution in [2.75, 3.05) is 19.5 Å². The Kier molecular flexibility index (Phi) is 4.28. The van der Waals surface area contributed by atoms with Gasteiger partial charge in [0.1, 0.15) is 24.2 Å². The van der Waals surface area contributed by atoms with E-state index in [0.29, 0.717) is 34.0 Å². The molecule has 0 saturated heterocycles. The number of rotatable bonds is 5. The second kappa shape index (κ2) is 6.62. The zero-order valence-electron chi connectivity index (χ0n) is 16.7. The molecule has 8 heteroatoms. The third kappa shape index (κ3) is 2.89. The summed E-state index contributed by atoms with van der Waals surface area (Å²) in [5.74, 6) is 2.19. The quantitative estimate of drug-likeness (QED) is 0.800. The topological polar surface area (TPSA) is 78.3 Å². The smallest absolute Gasteiger partial charge is 0.230 e. The van der Waals surface area contributed by atoms with Crippen LogP contribution in [0.25, 0.3) is 0 Å². The molecule has 6 rings (SSSR count). The molecule has 0 radical (unpaired) electrons. The molecule has 154 valence electrons. The zero-order valence-corrected chi connectivity index (χ0v) is 17.4. The summed E-state index contributed by atoms with van der Waals surface area (Å²) in [6.45, 7) is 0. The van der Waals surface area contributed by atoms with Crippen molar-refractivity contribution in [2.24, 2.45) is 17.3 Å². The van der Waals surface area contributed by atoms with E-state index in [1.54, 1.807) is 32.7 Å². The van der Waals surface area contributed by atoms with Crippen molar-refractivity contribution in [3.63, 3.8) is 0 Å². The molecule has 1 N–H and O–H groups in total. The SMILES string of the molecule is COc1cc(NC(=O)C23CC4CC(C2)CC(n2cncn2)(C4)C3)c(OC)cc1Cl. The van der Waals surface area contributed by atoms with Gasteiger partial charge in [-0.3, -0.25) is 4.79 Å². The number of nitrogens with zero attached hydrogens (tertiary/aromatic N) is 3. The highest BCUT2D eigenvalue weighted by molar-refractivity contribution is 6.32. The lowest BCUT2D eigenvalue weighted by Gasteiger charge is -2.60. The second-order valence-corrected chi connectivity index (χ2v) is 9.35. The molecule has 0 aliphatic heterocycles. The zero-order chi connectivity index (χ0) is 20.2. The number of carbonyl (C=O) groups excluding carboxylic acids is 1. The maximum atomic E-state index is 13.6. The van der Waals surface area contributed by atoms with E-state index in [1.165, 1.54) is 6.42 Å². The van der Waals surface area contributed by atoms with Crippen LogP contribution < -0.4 is 14.8 Å². The van der Waals surface area contributed by atoms with Crippen molar-refractivity contribution in [3.05, 3.63) is 29.8 Å². The molecule has 2 atom stereocenters. The predicted molar refractivity (Wildman–Crippen MR) is 108 cm³/mol. The van der Waals surface area contributed by atoms with Crippen molar-refractivity contribution >= 4 is 23.2 Å². The van der Waals surface area contributed by atoms with Gasteiger partial charge in [0, 0.05) is 12.1 Å². The van der Waals surface area contributed by atoms with E-state index in [-0.39, 0.29) is 11.4 Å². The molecule has 4 bridgehead atoms. The molecule has 7 nitrogen and oxygen atoms in total. The van der Waals surface area contributed by atoms with Crippen molar-refractivity contribution in [3.8, 4) is 11.5 Å². The predicted octanol–water partition coefficient (Wildman–Crippen LogP) is 3.88. The van der Waals surface area contributed by atoms with Gasteiger partial charge in [-0.05, 0) is 50.4 Å². The first kappa shape index (κ1) is 18.7. The Morgan fingerprint density at radius 2 is 1.90 bits per heavy atom. The van der Waals surface area contributed by atoms with Gasteiger partial charge in [-0.15, -0.1) is 0 Å². The number of hydrogen-bond donors (Lipinski definition) is 1. The molecule has 2 aromatic rings. The van der Waals surface area contributed by atoms with Crippen LogP contribution in [0.3, 0.4) is 0 Å². The fraction of sp³-hybridized carbons (Fsp3) is 0.571. The molecule has 4 aliphatic rings. The highest BCUT2D eigenvalue weighted by atomic mass is 35.5. The molecule has 4 saturated carbocycles. The second-order valence-electron chi connectivity index (χ2n) is 8.95. The fourth-order valence-electron chi connectivity index (χ4n) is 6.41. The van der Waals surface area contributed by atoms with Gasteiger partial charge in [-0.2, -0.15) is 5.10 Å². The van der Waals surface area contributed by atoms with Crippen LogP contribution in [0.15, 0.2) is 24.8 Å². The van der Waals surface area contributed by atoms with Crippen LogP contribution in [0.4, 0.5) is 5.69 Å². The molecule has 2 unspecified atom stereocenters. The largest absolute Gasteiger partial charge is 0.495 e. The summed E-state index contributed by atoms with van der Waals surface area (Å²) in [5, 5.41) is 8.04. The fourth-order valence-corrected chi connectivity index (χ4v) is 6.64. The number of carbonyl (C=O) groups is 1. The number of amides is 1. The van der Waals surface area contributed by atoms with Gasteiger partial charge in [0.15, 0.2) is 0 Å². The Balaban J connectivity index is 1.47. The van der Waals surface area contributed by atoms with Crippen molar-refractivity contribution in [1.29, 1.82) is 0 Å². The minimum absolute atomic E-state index is 0.0544. The standard InChI is InChI=1S/C21H25ClN4O3/c1-28-17-5-16(18(29-2)4-15(17)22)25-19(27)20-6-13-3-14(7-20)9-21(8-13,10-20)26-12-23-11-24-26/h4-5,11-14H,3,6-10H2,1-2H3,(H,25,27). The molecule has 4 fully saturated rings. The summed E-state index contributed by atoms with van der Waals surface area (Å²) in [4.78, 5) is 17.8. The highest BCUT2D eigenvalue weighted by Gasteiger charge is 2.61. The minimum atomic E-state index is -0.395. The molecule has 1 heterocycles. The first-order valence-electron chi connectivity index (χ1n) is 10.0. The average molecular weight is 417 g/mol. The Hall–Kier alpha value is -2.28. The van der Waals surface area contributed by atoms with E-state index in [2.05, 4.69) is 15.4 Å². The van der Waals surface area contributed by atoms with E-state index in [0.717, 1.165) is 32.1 Å². The first-order valence-corrected chi connectivity index (χ1v) is 10.4. The third-order valence-electron chi connectivity index (χ3n) is 7.14. The highest BCUT2D eigenvalue weighted by Crippen LogP contribution is 2.64. The number of halogens is 1. The maximum Gasteiger partial charge on any atom is 0.230 e. The van der Waals surface area contributed by atoms with Gasteiger partial charge in [-0.25, -0.2) is 9.67 Å². The Bertz CT molecular complexity index is 932. The van der Waals surface area contributed by atoms with Crippen LogP contribution in [-0.4, -0.2) is 34.9 Å². The number of anilines is 1. The third-order valence-corrected chi connectivity index (χ3v) is 7.43. The lowest BCUT2D eigenvalue weighted by molar-refractivity contribution is -0.150. The molecule has 1 aromatic heterocycles. The van der Waals surface area contributed by atoms with E-state index in [9.17, 15) is 4.79 Å². The maximum absolute atomic E-state index is 13.6. The summed E-state index contributed by atoms with van der Waals surface area (Å²) in [6, 6.07) is 3.40. The lowest BCUT2D eigenvalue weighted by Crippen LogP contribution is -2.60. The minimum Gasteiger partial charge on any atom is -0.495 e. The van der Waals surface area contributed by atoms with Crippen LogP contribution >= 0.6 is 11.6 Å². The Morgan fingerprint density at radius 1 is 1.17 bits per heavy atom. The number of aromatic nitrogens is 3. The monoisotopic (exact) mass is 416 g/mol. The van der Waals surface area contributed by atoms with Gasteiger partial charge in [0.05, 0.1) is 35.9 Å². The number of nitrogens with one attached hydrogen (secondary N) is 1. The van der Waals surface area contributed by atoms with Gasteiger partial charge < -0.3 is 14.8 Å². The van der Waals surface area contributed by atoms with Gasteiger partial charge in [0.25, 0.3) is 0 Å². The van der Waals surface area contributed by atoms with Crippen molar-refractivity contribution in [1.82, 2.24) is 14.8 Å². The molecule has 4 aliphatic carbocycles. The van der Waals surface area contributed by atoms with E-state index in [1.807, 2.05) is 11.0 Å². The molecular weight excluding hydrogens is 392 g/mol. The lowest BCUT2D eigenvalue weighted by atomic mass is 9.46. The molecule has 1 amide bonds. The average Bonchev–Trinajstić information content (AvgIpc) is 3.23. The normalized spacial score (nSPS) is 32.2. The molecular formula is C21H25ClN4O3. The summed E-state index contributed by atoms with van der Waals surface area (Å²) in [7, 11) is 3.12. The summed E-state index contributed by atoms with van der Waals surface area (Å²) in [5.41, 5.74) is 0.0949. The van der Waals surface area contributed by atoms with Crippen LogP contribution in [-0.2, 0) is 10.3 Å². The van der Waals surface area contributed by atoms with Crippen LogP contribution in [0.5, 0.6) is 11.5 Å². The molecule has 29 heavy (non-hydrogen) atoms. The summed E-state index contributed by atoms with van der Waals surface area (Å²) in [6.07, 6.45) is 9.44. The Morgan fingerprint density at radius 3 is 2.52 bits per heavy atom. The van der Waals surface area contributed by atoms with Crippen LogP contribution in [0.1, 0.15) is 38.5 Å². The van der Waals surface area contributed by atoms with E-state index < -0.39 is 5.41 Å². The van der Waals surface area contributed by atoms with Crippen molar-refractivity contribution < 1.29 is 14.3 Å². The summed E-state index contributed by atoms with van der Waals surface area (Å²) < 4.78 is 12.8.